The first-order valence-electron chi connectivity index (χ1n) is 7.50. The summed E-state index contributed by atoms with van der Waals surface area (Å²) in [4.78, 5) is 18.2. The third-order valence-corrected chi connectivity index (χ3v) is 4.35. The van der Waals surface area contributed by atoms with Gasteiger partial charge in [-0.05, 0) is 45.4 Å². The van der Waals surface area contributed by atoms with Crippen molar-refractivity contribution in [2.45, 2.75) is 38.6 Å². The Bertz CT molecular complexity index is 663. The van der Waals surface area contributed by atoms with Crippen molar-refractivity contribution < 1.29 is 9.90 Å². The highest BCUT2D eigenvalue weighted by Gasteiger charge is 2.26. The fraction of sp³-hybridized carbons (Fsp3) is 0.500. The third-order valence-electron chi connectivity index (χ3n) is 4.35. The Hall–Kier alpha value is -1.88. The molecule has 1 fully saturated rings. The lowest BCUT2D eigenvalue weighted by Crippen LogP contribution is -2.39. The Morgan fingerprint density at radius 2 is 2.24 bits per heavy atom. The number of hydrogen-bond acceptors (Lipinski definition) is 3. The number of fused-ring (bicyclic) bond motifs is 1. The number of hydrogen-bond donors (Lipinski definition) is 1. The highest BCUT2D eigenvalue weighted by Crippen LogP contribution is 2.27. The van der Waals surface area contributed by atoms with E-state index in [9.17, 15) is 4.79 Å². The van der Waals surface area contributed by atoms with Gasteiger partial charge in [0, 0.05) is 24.7 Å². The lowest BCUT2D eigenvalue weighted by atomic mass is 9.96. The molecule has 1 aliphatic rings. The molecule has 3 rings (SSSR count). The van der Waals surface area contributed by atoms with E-state index >= 15 is 0 Å². The third kappa shape index (κ3) is 2.65. The first kappa shape index (κ1) is 14.1. The largest absolute Gasteiger partial charge is 0.478 e. The van der Waals surface area contributed by atoms with Crippen LogP contribution < -0.4 is 0 Å². The molecule has 0 bridgehead atoms. The van der Waals surface area contributed by atoms with Gasteiger partial charge in [-0.25, -0.2) is 9.78 Å². The first-order valence-corrected chi connectivity index (χ1v) is 7.50. The maximum absolute atomic E-state index is 11.2. The van der Waals surface area contributed by atoms with Gasteiger partial charge in [-0.1, -0.05) is 0 Å². The molecule has 2 aromatic rings. The van der Waals surface area contributed by atoms with Crippen LogP contribution in [0.3, 0.4) is 0 Å². The van der Waals surface area contributed by atoms with Crippen molar-refractivity contribution in [1.82, 2.24) is 14.3 Å². The van der Waals surface area contributed by atoms with Gasteiger partial charge in [0.15, 0.2) is 0 Å². The van der Waals surface area contributed by atoms with Gasteiger partial charge in [0.25, 0.3) is 0 Å². The number of rotatable bonds is 3. The number of aromatic carboxylic acids is 1. The highest BCUT2D eigenvalue weighted by molar-refractivity contribution is 5.87. The predicted molar refractivity (Wildman–Crippen MR) is 80.8 cm³/mol. The Labute approximate surface area is 124 Å². The molecule has 1 unspecified atom stereocenters. The topological polar surface area (TPSA) is 57.8 Å². The summed E-state index contributed by atoms with van der Waals surface area (Å²) in [7, 11) is 0. The van der Waals surface area contributed by atoms with E-state index in [1.165, 1.54) is 0 Å². The van der Waals surface area contributed by atoms with Crippen LogP contribution in [-0.2, 0) is 0 Å². The van der Waals surface area contributed by atoms with Gasteiger partial charge in [0.1, 0.15) is 5.82 Å². The Balaban J connectivity index is 1.96. The molecule has 1 N–H and O–H groups in total. The van der Waals surface area contributed by atoms with Gasteiger partial charge >= 0.3 is 5.97 Å². The molecule has 3 heterocycles. The monoisotopic (exact) mass is 287 g/mol. The SMILES string of the molecule is CC(C)N1CCCC(c2ncc3ccc(C(=O)O)cn23)C1. The zero-order chi connectivity index (χ0) is 15.0. The molecule has 112 valence electrons. The van der Waals surface area contributed by atoms with Gasteiger partial charge in [-0.3, -0.25) is 0 Å². The molecule has 0 aliphatic carbocycles. The van der Waals surface area contributed by atoms with Crippen LogP contribution in [0.25, 0.3) is 5.52 Å². The van der Waals surface area contributed by atoms with E-state index in [4.69, 9.17) is 5.11 Å². The van der Waals surface area contributed by atoms with Gasteiger partial charge < -0.3 is 14.4 Å². The minimum Gasteiger partial charge on any atom is -0.478 e. The fourth-order valence-corrected chi connectivity index (χ4v) is 3.13. The summed E-state index contributed by atoms with van der Waals surface area (Å²) in [6, 6.07) is 3.99. The molecule has 21 heavy (non-hydrogen) atoms. The van der Waals surface area contributed by atoms with Crippen LogP contribution in [-0.4, -0.2) is 44.5 Å². The van der Waals surface area contributed by atoms with E-state index in [2.05, 4.69) is 23.7 Å². The van der Waals surface area contributed by atoms with Crippen molar-refractivity contribution in [3.05, 3.63) is 35.9 Å². The maximum Gasteiger partial charge on any atom is 0.337 e. The van der Waals surface area contributed by atoms with Crippen LogP contribution in [0.4, 0.5) is 0 Å². The number of carboxylic acid groups (broad SMARTS) is 1. The summed E-state index contributed by atoms with van der Waals surface area (Å²) in [6.45, 7) is 6.56. The van der Waals surface area contributed by atoms with Crippen LogP contribution in [0, 0.1) is 0 Å². The van der Waals surface area contributed by atoms with E-state index in [1.807, 2.05) is 16.7 Å². The minimum atomic E-state index is -0.899. The summed E-state index contributed by atoms with van der Waals surface area (Å²) < 4.78 is 1.94. The molecule has 0 aromatic carbocycles. The number of pyridine rings is 1. The number of nitrogens with zero attached hydrogens (tertiary/aromatic N) is 3. The van der Waals surface area contributed by atoms with E-state index in [0.717, 1.165) is 37.3 Å². The highest BCUT2D eigenvalue weighted by atomic mass is 16.4. The molecule has 0 spiro atoms. The molecule has 0 amide bonds. The van der Waals surface area contributed by atoms with Crippen molar-refractivity contribution in [2.24, 2.45) is 0 Å². The number of aromatic nitrogens is 2. The smallest absolute Gasteiger partial charge is 0.337 e. The number of carbonyl (C=O) groups is 1. The second-order valence-corrected chi connectivity index (χ2v) is 6.06. The number of piperidine rings is 1. The average Bonchev–Trinajstić information content (AvgIpc) is 2.90. The summed E-state index contributed by atoms with van der Waals surface area (Å²) in [5.41, 5.74) is 1.26. The van der Waals surface area contributed by atoms with Crippen LogP contribution in [0.15, 0.2) is 24.5 Å². The molecule has 0 radical (unpaired) electrons. The molecular formula is C16H21N3O2. The van der Waals surface area contributed by atoms with Gasteiger partial charge in [-0.2, -0.15) is 0 Å². The summed E-state index contributed by atoms with van der Waals surface area (Å²) in [5.74, 6) is 0.454. The van der Waals surface area contributed by atoms with Gasteiger partial charge in [0.05, 0.1) is 17.3 Å². The molecule has 1 aliphatic heterocycles. The Morgan fingerprint density at radius 1 is 1.43 bits per heavy atom. The van der Waals surface area contributed by atoms with E-state index in [-0.39, 0.29) is 0 Å². The molecule has 5 heteroatoms. The molecule has 1 atom stereocenters. The van der Waals surface area contributed by atoms with E-state index in [0.29, 0.717) is 17.5 Å². The van der Waals surface area contributed by atoms with Gasteiger partial charge in [-0.15, -0.1) is 0 Å². The summed E-state index contributed by atoms with van der Waals surface area (Å²) in [5, 5.41) is 9.16. The minimum absolute atomic E-state index is 0.304. The Kier molecular flexibility index (Phi) is 3.68. The van der Waals surface area contributed by atoms with Gasteiger partial charge in [0.2, 0.25) is 0 Å². The quantitative estimate of drug-likeness (QED) is 0.942. The maximum atomic E-state index is 11.2. The van der Waals surface area contributed by atoms with Crippen LogP contribution >= 0.6 is 0 Å². The summed E-state index contributed by atoms with van der Waals surface area (Å²) in [6.07, 6.45) is 5.79. The van der Waals surface area contributed by atoms with E-state index in [1.54, 1.807) is 12.3 Å². The van der Waals surface area contributed by atoms with Crippen molar-refractivity contribution in [1.29, 1.82) is 0 Å². The lowest BCUT2D eigenvalue weighted by Gasteiger charge is -2.34. The molecule has 5 nitrogen and oxygen atoms in total. The van der Waals surface area contributed by atoms with Crippen molar-refractivity contribution in [3.63, 3.8) is 0 Å². The molecular weight excluding hydrogens is 266 g/mol. The Morgan fingerprint density at radius 3 is 2.95 bits per heavy atom. The number of likely N-dealkylation sites (tertiary alicyclic amines) is 1. The lowest BCUT2D eigenvalue weighted by molar-refractivity contribution is 0.0696. The molecule has 0 saturated carbocycles. The molecule has 1 saturated heterocycles. The van der Waals surface area contributed by atoms with Crippen LogP contribution in [0.5, 0.6) is 0 Å². The van der Waals surface area contributed by atoms with Crippen molar-refractivity contribution in [3.8, 4) is 0 Å². The average molecular weight is 287 g/mol. The number of carboxylic acids is 1. The summed E-state index contributed by atoms with van der Waals surface area (Å²) >= 11 is 0. The van der Waals surface area contributed by atoms with Crippen LogP contribution in [0.2, 0.25) is 0 Å². The molecule has 2 aromatic heterocycles. The van der Waals surface area contributed by atoms with E-state index < -0.39 is 5.97 Å². The second kappa shape index (κ2) is 5.48. The zero-order valence-electron chi connectivity index (χ0n) is 12.5. The first-order chi connectivity index (χ1) is 10.1. The van der Waals surface area contributed by atoms with Crippen molar-refractivity contribution in [2.75, 3.05) is 13.1 Å². The number of imidazole rings is 1. The van der Waals surface area contributed by atoms with Crippen LogP contribution in [0.1, 0.15) is 48.8 Å². The fourth-order valence-electron chi connectivity index (χ4n) is 3.13. The standard InChI is InChI=1S/C16H21N3O2/c1-11(2)18-7-3-4-12(9-18)15-17-8-14-6-5-13(16(20)21)10-19(14)15/h5-6,8,10-12H,3-4,7,9H2,1-2H3,(H,20,21). The zero-order valence-corrected chi connectivity index (χ0v) is 12.5. The second-order valence-electron chi connectivity index (χ2n) is 6.06. The predicted octanol–water partition coefficient (Wildman–Crippen LogP) is 2.62. The normalized spacial score (nSPS) is 20.2. The van der Waals surface area contributed by atoms with Crippen molar-refractivity contribution >= 4 is 11.5 Å².